The fraction of sp³-hybridized carbons (Fsp3) is 0.111. The standard InChI is InChI=1S/C27H23N5O2/c1-18-14-20(17-34-16-19-6-3-2-4-7-19)10-11-23(18)29-27(33)22-9-5-8-21(15-22)24-12-13-25-26(28-24)31-32-30-25/h2-15H,16-17H2,1H3,(H,29,33)(H,28,30,31,32). The molecule has 7 heteroatoms. The smallest absolute Gasteiger partial charge is 0.255 e. The van der Waals surface area contributed by atoms with Gasteiger partial charge in [-0.15, -0.1) is 5.10 Å². The van der Waals surface area contributed by atoms with Gasteiger partial charge in [0, 0.05) is 16.8 Å². The van der Waals surface area contributed by atoms with Gasteiger partial charge >= 0.3 is 0 Å². The van der Waals surface area contributed by atoms with Crippen LogP contribution in [0.3, 0.4) is 0 Å². The van der Waals surface area contributed by atoms with Crippen LogP contribution in [-0.4, -0.2) is 26.3 Å². The Hall–Kier alpha value is -4.36. The van der Waals surface area contributed by atoms with Crippen LogP contribution in [0.1, 0.15) is 27.0 Å². The highest BCUT2D eigenvalue weighted by atomic mass is 16.5. The van der Waals surface area contributed by atoms with Crippen LogP contribution in [0, 0.1) is 6.92 Å². The van der Waals surface area contributed by atoms with Crippen LogP contribution in [0.2, 0.25) is 0 Å². The van der Waals surface area contributed by atoms with Crippen molar-refractivity contribution in [1.29, 1.82) is 0 Å². The lowest BCUT2D eigenvalue weighted by atomic mass is 10.1. The van der Waals surface area contributed by atoms with Gasteiger partial charge < -0.3 is 10.1 Å². The molecule has 34 heavy (non-hydrogen) atoms. The third kappa shape index (κ3) is 4.84. The molecular formula is C27H23N5O2. The van der Waals surface area contributed by atoms with Crippen molar-refractivity contribution in [3.63, 3.8) is 0 Å². The minimum Gasteiger partial charge on any atom is -0.372 e. The van der Waals surface area contributed by atoms with Crippen molar-refractivity contribution >= 4 is 22.8 Å². The maximum absolute atomic E-state index is 13.0. The highest BCUT2D eigenvalue weighted by Gasteiger charge is 2.11. The molecule has 0 aliphatic rings. The summed E-state index contributed by atoms with van der Waals surface area (Å²) < 4.78 is 5.82. The summed E-state index contributed by atoms with van der Waals surface area (Å²) >= 11 is 0. The first-order valence-electron chi connectivity index (χ1n) is 11.0. The second kappa shape index (κ2) is 9.64. The number of anilines is 1. The highest BCUT2D eigenvalue weighted by Crippen LogP contribution is 2.22. The number of amides is 1. The van der Waals surface area contributed by atoms with Crippen LogP contribution in [0.5, 0.6) is 0 Å². The van der Waals surface area contributed by atoms with Gasteiger partial charge in [-0.05, 0) is 53.9 Å². The van der Waals surface area contributed by atoms with E-state index in [9.17, 15) is 4.79 Å². The molecule has 0 radical (unpaired) electrons. The first kappa shape index (κ1) is 21.5. The maximum atomic E-state index is 13.0. The summed E-state index contributed by atoms with van der Waals surface area (Å²) in [5, 5.41) is 13.5. The fourth-order valence-corrected chi connectivity index (χ4v) is 3.73. The number of benzene rings is 3. The van der Waals surface area contributed by atoms with E-state index in [-0.39, 0.29) is 5.91 Å². The number of hydrogen-bond acceptors (Lipinski definition) is 5. The SMILES string of the molecule is Cc1cc(COCc2ccccc2)ccc1NC(=O)c1cccc(-c2ccc3nn[nH]c3n2)c1. The van der Waals surface area contributed by atoms with Gasteiger partial charge in [0.2, 0.25) is 0 Å². The lowest BCUT2D eigenvalue weighted by Gasteiger charge is -2.12. The Labute approximate surface area is 196 Å². The summed E-state index contributed by atoms with van der Waals surface area (Å²) in [6.07, 6.45) is 0. The number of H-pyrrole nitrogens is 1. The zero-order chi connectivity index (χ0) is 23.3. The zero-order valence-electron chi connectivity index (χ0n) is 18.7. The number of carbonyl (C=O) groups excluding carboxylic acids is 1. The average molecular weight is 450 g/mol. The molecule has 2 aromatic heterocycles. The van der Waals surface area contributed by atoms with Crippen LogP contribution in [0.4, 0.5) is 5.69 Å². The molecule has 1 amide bonds. The Morgan fingerprint density at radius 2 is 1.76 bits per heavy atom. The normalized spacial score (nSPS) is 11.0. The van der Waals surface area contributed by atoms with Gasteiger partial charge in [-0.3, -0.25) is 4.79 Å². The number of aryl methyl sites for hydroxylation is 1. The lowest BCUT2D eigenvalue weighted by molar-refractivity contribution is 0.102. The molecule has 168 valence electrons. The van der Waals surface area contributed by atoms with E-state index < -0.39 is 0 Å². The van der Waals surface area contributed by atoms with Gasteiger partial charge in [0.05, 0.1) is 18.9 Å². The van der Waals surface area contributed by atoms with Crippen LogP contribution in [0.15, 0.2) is 84.9 Å². The number of hydrogen-bond donors (Lipinski definition) is 2. The summed E-state index contributed by atoms with van der Waals surface area (Å²) in [7, 11) is 0. The van der Waals surface area contributed by atoms with Crippen LogP contribution >= 0.6 is 0 Å². The van der Waals surface area contributed by atoms with E-state index in [0.717, 1.165) is 33.6 Å². The second-order valence-corrected chi connectivity index (χ2v) is 8.04. The number of aromatic amines is 1. The van der Waals surface area contributed by atoms with Crippen molar-refractivity contribution in [3.05, 3.63) is 107 Å². The number of ether oxygens (including phenoxy) is 1. The summed E-state index contributed by atoms with van der Waals surface area (Å²) in [6.45, 7) is 3.05. The van der Waals surface area contributed by atoms with E-state index >= 15 is 0 Å². The molecule has 0 fully saturated rings. The number of pyridine rings is 1. The largest absolute Gasteiger partial charge is 0.372 e. The monoisotopic (exact) mass is 449 g/mol. The molecule has 0 aliphatic heterocycles. The van der Waals surface area contributed by atoms with Crippen molar-refractivity contribution in [2.24, 2.45) is 0 Å². The molecule has 2 heterocycles. The molecule has 0 spiro atoms. The van der Waals surface area contributed by atoms with Crippen molar-refractivity contribution in [1.82, 2.24) is 20.4 Å². The Morgan fingerprint density at radius 1 is 0.912 bits per heavy atom. The molecule has 0 saturated carbocycles. The summed E-state index contributed by atoms with van der Waals surface area (Å²) in [6, 6.07) is 27.1. The molecule has 2 N–H and O–H groups in total. The van der Waals surface area contributed by atoms with Gasteiger partial charge in [0.15, 0.2) is 5.65 Å². The predicted molar refractivity (Wildman–Crippen MR) is 131 cm³/mol. The molecule has 5 aromatic rings. The number of carbonyl (C=O) groups is 1. The minimum absolute atomic E-state index is 0.178. The van der Waals surface area contributed by atoms with Crippen molar-refractivity contribution < 1.29 is 9.53 Å². The van der Waals surface area contributed by atoms with E-state index in [1.807, 2.05) is 85.8 Å². The molecule has 7 nitrogen and oxygen atoms in total. The molecule has 3 aromatic carbocycles. The van der Waals surface area contributed by atoms with Gasteiger partial charge in [-0.25, -0.2) is 10.1 Å². The molecule has 0 aliphatic carbocycles. The third-order valence-corrected chi connectivity index (χ3v) is 5.53. The van der Waals surface area contributed by atoms with E-state index in [0.29, 0.717) is 29.9 Å². The van der Waals surface area contributed by atoms with Gasteiger partial charge in [0.25, 0.3) is 5.91 Å². The number of nitrogens with one attached hydrogen (secondary N) is 2. The second-order valence-electron chi connectivity index (χ2n) is 8.04. The number of nitrogens with zero attached hydrogens (tertiary/aromatic N) is 3. The van der Waals surface area contributed by atoms with Crippen LogP contribution in [0.25, 0.3) is 22.4 Å². The number of aromatic nitrogens is 4. The van der Waals surface area contributed by atoms with E-state index in [4.69, 9.17) is 4.74 Å². The molecule has 0 unspecified atom stereocenters. The number of fused-ring (bicyclic) bond motifs is 1. The summed E-state index contributed by atoms with van der Waals surface area (Å²) in [5.74, 6) is -0.178. The quantitative estimate of drug-likeness (QED) is 0.352. The van der Waals surface area contributed by atoms with E-state index in [2.05, 4.69) is 25.7 Å². The Bertz CT molecular complexity index is 1450. The first-order valence-corrected chi connectivity index (χ1v) is 11.0. The first-order chi connectivity index (χ1) is 16.7. The fourth-order valence-electron chi connectivity index (χ4n) is 3.73. The molecule has 5 rings (SSSR count). The lowest BCUT2D eigenvalue weighted by Crippen LogP contribution is -2.13. The van der Waals surface area contributed by atoms with Crippen molar-refractivity contribution in [2.75, 3.05) is 5.32 Å². The topological polar surface area (TPSA) is 92.8 Å². The summed E-state index contributed by atoms with van der Waals surface area (Å²) in [5.41, 5.74) is 7.38. The van der Waals surface area contributed by atoms with Gasteiger partial charge in [-0.2, -0.15) is 0 Å². The maximum Gasteiger partial charge on any atom is 0.255 e. The average Bonchev–Trinajstić information content (AvgIpc) is 3.34. The molecular weight excluding hydrogens is 426 g/mol. The molecule has 0 saturated heterocycles. The van der Waals surface area contributed by atoms with Crippen LogP contribution in [-0.2, 0) is 18.0 Å². The predicted octanol–water partition coefficient (Wildman–Crippen LogP) is 5.30. The summed E-state index contributed by atoms with van der Waals surface area (Å²) in [4.78, 5) is 17.5. The number of rotatable bonds is 7. The molecule has 0 atom stereocenters. The zero-order valence-corrected chi connectivity index (χ0v) is 18.7. The Balaban J connectivity index is 1.25. The van der Waals surface area contributed by atoms with Gasteiger partial charge in [-0.1, -0.05) is 59.8 Å². The van der Waals surface area contributed by atoms with E-state index in [1.165, 1.54) is 0 Å². The third-order valence-electron chi connectivity index (χ3n) is 5.53. The minimum atomic E-state index is -0.178. The Morgan fingerprint density at radius 3 is 2.62 bits per heavy atom. The van der Waals surface area contributed by atoms with Crippen LogP contribution < -0.4 is 5.32 Å². The van der Waals surface area contributed by atoms with Crippen molar-refractivity contribution in [2.45, 2.75) is 20.1 Å². The van der Waals surface area contributed by atoms with Gasteiger partial charge in [0.1, 0.15) is 5.52 Å². The molecule has 0 bridgehead atoms. The Kier molecular flexibility index (Phi) is 6.09. The highest BCUT2D eigenvalue weighted by molar-refractivity contribution is 6.05. The van der Waals surface area contributed by atoms with E-state index in [1.54, 1.807) is 6.07 Å². The van der Waals surface area contributed by atoms with Crippen molar-refractivity contribution in [3.8, 4) is 11.3 Å².